The van der Waals surface area contributed by atoms with Gasteiger partial charge in [-0.15, -0.1) is 45.3 Å². The number of thiophene rings is 4. The van der Waals surface area contributed by atoms with Crippen molar-refractivity contribution < 1.29 is 0 Å². The quantitative estimate of drug-likeness (QED) is 0.314. The van der Waals surface area contributed by atoms with Crippen molar-refractivity contribution in [1.29, 1.82) is 0 Å². The van der Waals surface area contributed by atoms with Gasteiger partial charge in [0.15, 0.2) is 0 Å². The predicted octanol–water partition coefficient (Wildman–Crippen LogP) is 8.69. The molecule has 4 aromatic heterocycles. The summed E-state index contributed by atoms with van der Waals surface area (Å²) >= 11 is 7.56. The molecule has 0 amide bonds. The van der Waals surface area contributed by atoms with Crippen LogP contribution in [-0.4, -0.2) is 0 Å². The fraction of sp³-hybridized carbons (Fsp3) is 0.238. The zero-order chi connectivity index (χ0) is 17.4. The summed E-state index contributed by atoms with van der Waals surface area (Å²) in [6.07, 6.45) is 0. The van der Waals surface area contributed by atoms with Crippen molar-refractivity contribution in [3.63, 3.8) is 0 Å². The van der Waals surface area contributed by atoms with Gasteiger partial charge < -0.3 is 0 Å². The first-order valence-electron chi connectivity index (χ1n) is 8.46. The van der Waals surface area contributed by atoms with Crippen molar-refractivity contribution in [2.75, 3.05) is 0 Å². The summed E-state index contributed by atoms with van der Waals surface area (Å²) in [5.74, 6) is 1.32. The van der Waals surface area contributed by atoms with Crippen LogP contribution in [0.25, 0.3) is 29.3 Å². The predicted molar refractivity (Wildman–Crippen MR) is 118 cm³/mol. The molecular formula is C21H20S4. The SMILES string of the molecule is CC(C)C(C)c1ccc(-c2ccc(-c3ccc(-c4cccs4)s3)s2)s1. The highest BCUT2D eigenvalue weighted by Gasteiger charge is 2.15. The van der Waals surface area contributed by atoms with Gasteiger partial charge in [0.25, 0.3) is 0 Å². The van der Waals surface area contributed by atoms with E-state index in [-0.39, 0.29) is 0 Å². The molecule has 0 aromatic carbocycles. The maximum atomic E-state index is 2.33. The van der Waals surface area contributed by atoms with E-state index < -0.39 is 0 Å². The van der Waals surface area contributed by atoms with Crippen LogP contribution in [-0.2, 0) is 0 Å². The topological polar surface area (TPSA) is 0 Å². The fourth-order valence-corrected chi connectivity index (χ4v) is 6.94. The maximum Gasteiger partial charge on any atom is 0.0449 e. The monoisotopic (exact) mass is 400 g/mol. The standard InChI is InChI=1S/C21H20S4/c1-13(2)14(3)15-6-7-18(23-15)19-10-11-21(25-19)20-9-8-17(24-20)16-5-4-12-22-16/h4-14H,1-3H3. The van der Waals surface area contributed by atoms with E-state index in [4.69, 9.17) is 0 Å². The summed E-state index contributed by atoms with van der Waals surface area (Å²) in [5, 5.41) is 2.14. The highest BCUT2D eigenvalue weighted by molar-refractivity contribution is 7.28. The third-order valence-corrected chi connectivity index (χ3v) is 9.45. The van der Waals surface area contributed by atoms with Gasteiger partial charge in [-0.2, -0.15) is 0 Å². The third-order valence-electron chi connectivity index (χ3n) is 4.54. The Labute approximate surface area is 165 Å². The van der Waals surface area contributed by atoms with E-state index in [0.717, 1.165) is 0 Å². The van der Waals surface area contributed by atoms with Gasteiger partial charge in [-0.25, -0.2) is 0 Å². The van der Waals surface area contributed by atoms with E-state index in [9.17, 15) is 0 Å². The average molecular weight is 401 g/mol. The van der Waals surface area contributed by atoms with E-state index in [2.05, 4.69) is 74.7 Å². The van der Waals surface area contributed by atoms with Crippen molar-refractivity contribution >= 4 is 45.3 Å². The molecule has 1 unspecified atom stereocenters. The highest BCUT2D eigenvalue weighted by atomic mass is 32.1. The minimum absolute atomic E-state index is 0.629. The molecule has 25 heavy (non-hydrogen) atoms. The van der Waals surface area contributed by atoms with E-state index >= 15 is 0 Å². The van der Waals surface area contributed by atoms with E-state index in [0.29, 0.717) is 11.8 Å². The minimum Gasteiger partial charge on any atom is -0.143 e. The third kappa shape index (κ3) is 3.54. The van der Waals surface area contributed by atoms with Gasteiger partial charge in [-0.1, -0.05) is 26.8 Å². The van der Waals surface area contributed by atoms with Crippen molar-refractivity contribution in [1.82, 2.24) is 0 Å². The first kappa shape index (κ1) is 17.2. The summed E-state index contributed by atoms with van der Waals surface area (Å²) in [6, 6.07) is 18.0. The molecule has 0 N–H and O–H groups in total. The molecule has 0 aliphatic carbocycles. The van der Waals surface area contributed by atoms with Crippen LogP contribution in [0.5, 0.6) is 0 Å². The zero-order valence-corrected chi connectivity index (χ0v) is 17.7. The Morgan fingerprint density at radius 2 is 1.12 bits per heavy atom. The van der Waals surface area contributed by atoms with Gasteiger partial charge in [-0.3, -0.25) is 0 Å². The zero-order valence-electron chi connectivity index (χ0n) is 14.5. The van der Waals surface area contributed by atoms with Crippen LogP contribution < -0.4 is 0 Å². The lowest BCUT2D eigenvalue weighted by Gasteiger charge is -2.12. The molecule has 4 aromatic rings. The molecule has 0 aliphatic rings. The highest BCUT2D eigenvalue weighted by Crippen LogP contribution is 2.43. The molecule has 0 aliphatic heterocycles. The molecule has 0 saturated heterocycles. The molecule has 0 bridgehead atoms. The van der Waals surface area contributed by atoms with E-state index in [1.54, 1.807) is 0 Å². The second-order valence-corrected chi connectivity index (χ2v) is 10.8. The summed E-state index contributed by atoms with van der Waals surface area (Å²) in [6.45, 7) is 6.93. The second kappa shape index (κ2) is 7.20. The van der Waals surface area contributed by atoms with Crippen molar-refractivity contribution in [3.05, 3.63) is 58.8 Å². The number of rotatable bonds is 5. The van der Waals surface area contributed by atoms with Crippen LogP contribution in [0.4, 0.5) is 0 Å². The Morgan fingerprint density at radius 3 is 1.64 bits per heavy atom. The fourth-order valence-electron chi connectivity index (χ4n) is 2.68. The molecule has 4 rings (SSSR count). The molecule has 0 radical (unpaired) electrons. The van der Waals surface area contributed by atoms with E-state index in [1.165, 1.54) is 34.1 Å². The van der Waals surface area contributed by atoms with Crippen molar-refractivity contribution in [2.24, 2.45) is 5.92 Å². The van der Waals surface area contributed by atoms with Crippen LogP contribution in [0.3, 0.4) is 0 Å². The minimum atomic E-state index is 0.629. The van der Waals surface area contributed by atoms with Gasteiger partial charge in [0.1, 0.15) is 0 Å². The lowest BCUT2D eigenvalue weighted by molar-refractivity contribution is 0.542. The molecule has 0 saturated carbocycles. The van der Waals surface area contributed by atoms with Gasteiger partial charge in [0.2, 0.25) is 0 Å². The molecule has 0 spiro atoms. The molecule has 0 nitrogen and oxygen atoms in total. The second-order valence-electron chi connectivity index (χ2n) is 6.54. The van der Waals surface area contributed by atoms with Crippen LogP contribution in [0, 0.1) is 5.92 Å². The maximum absolute atomic E-state index is 2.33. The molecule has 0 fully saturated rings. The van der Waals surface area contributed by atoms with Gasteiger partial charge in [0.05, 0.1) is 0 Å². The molecule has 4 heterocycles. The van der Waals surface area contributed by atoms with Crippen LogP contribution in [0.1, 0.15) is 31.6 Å². The van der Waals surface area contributed by atoms with Crippen LogP contribution in [0.2, 0.25) is 0 Å². The normalized spacial score (nSPS) is 12.8. The Balaban J connectivity index is 1.58. The largest absolute Gasteiger partial charge is 0.143 e. The smallest absolute Gasteiger partial charge is 0.0449 e. The Morgan fingerprint density at radius 1 is 0.600 bits per heavy atom. The lowest BCUT2D eigenvalue weighted by atomic mass is 9.97. The summed E-state index contributed by atoms with van der Waals surface area (Å²) in [5.41, 5.74) is 0. The first-order valence-corrected chi connectivity index (χ1v) is 11.8. The van der Waals surface area contributed by atoms with Gasteiger partial charge in [0, 0.05) is 34.1 Å². The summed E-state index contributed by atoms with van der Waals surface area (Å²) in [7, 11) is 0. The molecule has 1 atom stereocenters. The van der Waals surface area contributed by atoms with E-state index in [1.807, 2.05) is 45.3 Å². The Kier molecular flexibility index (Phi) is 4.96. The average Bonchev–Trinajstić information content (AvgIpc) is 3.41. The first-order chi connectivity index (χ1) is 12.1. The Hall–Kier alpha value is -1.20. The van der Waals surface area contributed by atoms with Crippen LogP contribution >= 0.6 is 45.3 Å². The van der Waals surface area contributed by atoms with Gasteiger partial charge >= 0.3 is 0 Å². The molecular weight excluding hydrogens is 380 g/mol. The van der Waals surface area contributed by atoms with Crippen molar-refractivity contribution in [3.8, 4) is 29.3 Å². The molecule has 128 valence electrons. The molecule has 4 heteroatoms. The number of hydrogen-bond acceptors (Lipinski definition) is 4. The summed E-state index contributed by atoms with van der Waals surface area (Å²) in [4.78, 5) is 9.74. The lowest BCUT2D eigenvalue weighted by Crippen LogP contribution is -1.98. The number of hydrogen-bond donors (Lipinski definition) is 0. The van der Waals surface area contributed by atoms with Crippen molar-refractivity contribution in [2.45, 2.75) is 26.7 Å². The van der Waals surface area contributed by atoms with Gasteiger partial charge in [-0.05, 0) is 59.7 Å². The Bertz CT molecular complexity index is 950. The summed E-state index contributed by atoms with van der Waals surface area (Å²) < 4.78 is 0. The van der Waals surface area contributed by atoms with Crippen LogP contribution in [0.15, 0.2) is 53.9 Å².